The Bertz CT molecular complexity index is 981. The molecule has 2 N–H and O–H groups in total. The third-order valence-corrected chi connectivity index (χ3v) is 5.00. The van der Waals surface area contributed by atoms with Crippen LogP contribution in [-0.2, 0) is 20.0 Å². The van der Waals surface area contributed by atoms with Crippen LogP contribution in [0.3, 0.4) is 0 Å². The van der Waals surface area contributed by atoms with Crippen LogP contribution in [0.4, 0.5) is 0 Å². The van der Waals surface area contributed by atoms with Crippen molar-refractivity contribution in [1.82, 2.24) is 0 Å². The molecule has 0 aromatic heterocycles. The molecule has 0 aliphatic heterocycles. The smallest absolute Gasteiger partial charge is 0.177 e. The Morgan fingerprint density at radius 3 is 1.47 bits per heavy atom. The molecule has 3 aromatic carbocycles. The van der Waals surface area contributed by atoms with Gasteiger partial charge in [0.25, 0.3) is 0 Å². The minimum atomic E-state index is -1.50. The molecule has 4 nitrogen and oxygen atoms in total. The fourth-order valence-corrected chi connectivity index (χ4v) is 3.36. The van der Waals surface area contributed by atoms with E-state index in [4.69, 9.17) is 18.9 Å². The second-order valence-electron chi connectivity index (χ2n) is 9.41. The van der Waals surface area contributed by atoms with E-state index >= 15 is 0 Å². The van der Waals surface area contributed by atoms with Crippen LogP contribution in [0.1, 0.15) is 52.7 Å². The molecule has 3 rings (SSSR count). The normalized spacial score (nSPS) is 11.8. The average Bonchev–Trinajstić information content (AvgIpc) is 2.74. The Kier molecular flexibility index (Phi) is 11.3. The van der Waals surface area contributed by atoms with Crippen LogP contribution in [0.25, 0.3) is 22.3 Å². The van der Waals surface area contributed by atoms with E-state index in [1.165, 1.54) is 33.4 Å². The lowest BCUT2D eigenvalue weighted by molar-refractivity contribution is 0.523. The third kappa shape index (κ3) is 8.52. The minimum absolute atomic E-state index is 0.106. The lowest BCUT2D eigenvalue weighted by Crippen LogP contribution is -2.17. The first-order valence-electron chi connectivity index (χ1n) is 10.5. The summed E-state index contributed by atoms with van der Waals surface area (Å²) in [6.07, 6.45) is 0. The summed E-state index contributed by atoms with van der Waals surface area (Å²) in [5, 5.41) is 0. The van der Waals surface area contributed by atoms with E-state index in [1.807, 2.05) is 0 Å². The number of rotatable bonds is 2. The van der Waals surface area contributed by atoms with E-state index < -0.39 is 17.4 Å². The highest BCUT2D eigenvalue weighted by atomic mass is 31.1. The van der Waals surface area contributed by atoms with Crippen LogP contribution in [0.15, 0.2) is 72.8 Å². The van der Waals surface area contributed by atoms with Crippen LogP contribution in [0, 0.1) is 0 Å². The van der Waals surface area contributed by atoms with Crippen molar-refractivity contribution in [2.75, 3.05) is 0 Å². The second-order valence-corrected chi connectivity index (χ2v) is 9.84. The Labute approximate surface area is 194 Å². The van der Waals surface area contributed by atoms with Crippen LogP contribution < -0.4 is 0 Å². The predicted octanol–water partition coefficient (Wildman–Crippen LogP) is 6.92. The summed E-state index contributed by atoms with van der Waals surface area (Å²) in [7, 11) is -3.00. The molecule has 0 radical (unpaired) electrons. The molecule has 2 unspecified atom stereocenters. The molecule has 0 aliphatic rings. The van der Waals surface area contributed by atoms with Gasteiger partial charge in [0.2, 0.25) is 0 Å². The van der Waals surface area contributed by atoms with Crippen molar-refractivity contribution in [1.29, 1.82) is 0 Å². The number of hydrogen-bond donors (Lipinski definition) is 2. The molecule has 3 aromatic rings. The molecule has 32 heavy (non-hydrogen) atoms. The summed E-state index contributed by atoms with van der Waals surface area (Å²) < 4.78 is 17.1. The first kappa shape index (κ1) is 28.1. The zero-order valence-electron chi connectivity index (χ0n) is 19.8. The average molecular weight is 475 g/mol. The monoisotopic (exact) mass is 474 g/mol. The summed E-state index contributed by atoms with van der Waals surface area (Å²) in [5.41, 5.74) is 8.23. The van der Waals surface area contributed by atoms with Gasteiger partial charge in [0, 0.05) is 0 Å². The summed E-state index contributed by atoms with van der Waals surface area (Å²) in [6.45, 7) is 13.7. The SMILES string of the molecule is CC(C)(C)c1ccc(-c2ccc(-c3ccccc3)cc2)c(C(C)(C)C)c1.O=[PH2]O.O=[PH2]O. The van der Waals surface area contributed by atoms with Crippen molar-refractivity contribution in [2.45, 2.75) is 52.4 Å². The molecule has 0 aliphatic carbocycles. The van der Waals surface area contributed by atoms with Crippen LogP contribution in [-0.4, -0.2) is 9.79 Å². The van der Waals surface area contributed by atoms with Crippen molar-refractivity contribution in [3.63, 3.8) is 0 Å². The molecule has 0 amide bonds. The lowest BCUT2D eigenvalue weighted by Gasteiger charge is -2.27. The highest BCUT2D eigenvalue weighted by Gasteiger charge is 2.22. The molecule has 0 fully saturated rings. The van der Waals surface area contributed by atoms with Gasteiger partial charge in [0.05, 0.1) is 0 Å². The second kappa shape index (κ2) is 12.9. The zero-order valence-corrected chi connectivity index (χ0v) is 22.1. The van der Waals surface area contributed by atoms with Crippen LogP contribution in [0.5, 0.6) is 0 Å². The predicted molar refractivity (Wildman–Crippen MR) is 140 cm³/mol. The quantitative estimate of drug-likeness (QED) is 0.396. The van der Waals surface area contributed by atoms with Gasteiger partial charge in [-0.1, -0.05) is 114 Å². The molecule has 0 saturated heterocycles. The summed E-state index contributed by atoms with van der Waals surface area (Å²) >= 11 is 0. The van der Waals surface area contributed by atoms with Gasteiger partial charge in [-0.2, -0.15) is 0 Å². The molecular weight excluding hydrogens is 438 g/mol. The maximum absolute atomic E-state index is 8.57. The maximum atomic E-state index is 8.57. The number of hydrogen-bond acceptors (Lipinski definition) is 2. The van der Waals surface area contributed by atoms with Crippen molar-refractivity contribution < 1.29 is 18.9 Å². The van der Waals surface area contributed by atoms with Crippen LogP contribution in [0.2, 0.25) is 0 Å². The molecular formula is C26H36O4P2. The fraction of sp³-hybridized carbons (Fsp3) is 0.308. The number of benzene rings is 3. The molecule has 0 spiro atoms. The van der Waals surface area contributed by atoms with Gasteiger partial charge in [0.1, 0.15) is 0 Å². The lowest BCUT2D eigenvalue weighted by atomic mass is 9.77. The minimum Gasteiger partial charge on any atom is -0.348 e. The largest absolute Gasteiger partial charge is 0.348 e. The third-order valence-electron chi connectivity index (χ3n) is 5.00. The van der Waals surface area contributed by atoms with E-state index in [0.717, 1.165) is 0 Å². The van der Waals surface area contributed by atoms with Gasteiger partial charge in [-0.05, 0) is 44.2 Å². The van der Waals surface area contributed by atoms with Crippen molar-refractivity contribution in [2.24, 2.45) is 0 Å². The topological polar surface area (TPSA) is 74.6 Å². The molecule has 2 atom stereocenters. The Hall–Kier alpha value is -1.96. The standard InChI is InChI=1S/C26H30.2H3O2P/c1-25(2,3)22-16-17-23(24(18-22)26(4,5)6)21-14-12-20(13-15-21)19-10-8-7-9-11-19;2*1-3-2/h7-18H,1-6H3;2*3H2,(H,1,2). The maximum Gasteiger partial charge on any atom is 0.177 e. The Balaban J connectivity index is 0.000000769. The van der Waals surface area contributed by atoms with E-state index in [-0.39, 0.29) is 10.8 Å². The molecule has 0 bridgehead atoms. The van der Waals surface area contributed by atoms with Gasteiger partial charge < -0.3 is 9.79 Å². The first-order valence-corrected chi connectivity index (χ1v) is 12.4. The molecule has 6 heteroatoms. The van der Waals surface area contributed by atoms with Crippen molar-refractivity contribution in [3.05, 3.63) is 83.9 Å². The van der Waals surface area contributed by atoms with E-state index in [9.17, 15) is 0 Å². The van der Waals surface area contributed by atoms with E-state index in [0.29, 0.717) is 0 Å². The Morgan fingerprint density at radius 2 is 1.03 bits per heavy atom. The first-order chi connectivity index (χ1) is 15.0. The van der Waals surface area contributed by atoms with Gasteiger partial charge in [-0.25, -0.2) is 0 Å². The molecule has 0 heterocycles. The van der Waals surface area contributed by atoms with Gasteiger partial charge in [-0.15, -0.1) is 0 Å². The fourth-order valence-electron chi connectivity index (χ4n) is 3.36. The van der Waals surface area contributed by atoms with E-state index in [2.05, 4.69) is 114 Å². The van der Waals surface area contributed by atoms with Gasteiger partial charge >= 0.3 is 0 Å². The molecule has 174 valence electrons. The highest BCUT2D eigenvalue weighted by Crippen LogP contribution is 2.37. The Morgan fingerprint density at radius 1 is 0.594 bits per heavy atom. The zero-order chi connectivity index (χ0) is 24.4. The van der Waals surface area contributed by atoms with Crippen LogP contribution >= 0.6 is 17.4 Å². The summed E-state index contributed by atoms with van der Waals surface area (Å²) in [5.74, 6) is 0. The van der Waals surface area contributed by atoms with Gasteiger partial charge in [0.15, 0.2) is 17.4 Å². The van der Waals surface area contributed by atoms with Crippen molar-refractivity contribution in [3.8, 4) is 22.3 Å². The summed E-state index contributed by atoms with van der Waals surface area (Å²) in [4.78, 5) is 14.2. The van der Waals surface area contributed by atoms with E-state index in [1.54, 1.807) is 0 Å². The highest BCUT2D eigenvalue weighted by molar-refractivity contribution is 7.16. The van der Waals surface area contributed by atoms with Crippen molar-refractivity contribution >= 4 is 17.4 Å². The van der Waals surface area contributed by atoms with Gasteiger partial charge in [-0.3, -0.25) is 9.13 Å². The summed E-state index contributed by atoms with van der Waals surface area (Å²) in [6, 6.07) is 26.5. The molecule has 0 saturated carbocycles.